The third-order valence-corrected chi connectivity index (χ3v) is 4.60. The van der Waals surface area contributed by atoms with Crippen molar-refractivity contribution >= 4 is 29.2 Å². The van der Waals surface area contributed by atoms with Crippen molar-refractivity contribution < 1.29 is 19.1 Å². The summed E-state index contributed by atoms with van der Waals surface area (Å²) in [5, 5.41) is 2.76. The van der Waals surface area contributed by atoms with Crippen molar-refractivity contribution in [1.82, 2.24) is 0 Å². The fourth-order valence-electron chi connectivity index (χ4n) is 3.35. The standard InChI is InChI=1S/C21H22N2O4/c1-13-8-14(2)10-16(9-13)23-12-15(11-19(23)24)20(25)22-18-7-5-4-6-17(18)21(26)27-3/h4-10,15H,11-12H2,1-3H3,(H,22,25). The van der Waals surface area contributed by atoms with Crippen LogP contribution in [0.2, 0.25) is 0 Å². The number of carbonyl (C=O) groups is 3. The fourth-order valence-corrected chi connectivity index (χ4v) is 3.35. The van der Waals surface area contributed by atoms with Gasteiger partial charge >= 0.3 is 5.97 Å². The second-order valence-corrected chi connectivity index (χ2v) is 6.78. The van der Waals surface area contributed by atoms with E-state index >= 15 is 0 Å². The monoisotopic (exact) mass is 366 g/mol. The van der Waals surface area contributed by atoms with Gasteiger partial charge in [0, 0.05) is 18.7 Å². The third kappa shape index (κ3) is 4.00. The average Bonchev–Trinajstić information content (AvgIpc) is 3.02. The molecule has 1 saturated heterocycles. The summed E-state index contributed by atoms with van der Waals surface area (Å²) in [5.41, 5.74) is 3.61. The molecule has 27 heavy (non-hydrogen) atoms. The highest BCUT2D eigenvalue weighted by Gasteiger charge is 2.35. The highest BCUT2D eigenvalue weighted by atomic mass is 16.5. The Morgan fingerprint density at radius 3 is 2.44 bits per heavy atom. The fraction of sp³-hybridized carbons (Fsp3) is 0.286. The zero-order valence-corrected chi connectivity index (χ0v) is 15.6. The molecule has 0 radical (unpaired) electrons. The first-order chi connectivity index (χ1) is 12.9. The van der Waals surface area contributed by atoms with Gasteiger partial charge in [-0.3, -0.25) is 9.59 Å². The van der Waals surface area contributed by atoms with Gasteiger partial charge in [-0.05, 0) is 49.2 Å². The summed E-state index contributed by atoms with van der Waals surface area (Å²) >= 11 is 0. The minimum Gasteiger partial charge on any atom is -0.465 e. The van der Waals surface area contributed by atoms with Gasteiger partial charge in [-0.1, -0.05) is 18.2 Å². The molecule has 3 rings (SSSR count). The molecule has 140 valence electrons. The van der Waals surface area contributed by atoms with Crippen molar-refractivity contribution in [2.45, 2.75) is 20.3 Å². The number of methoxy groups -OCH3 is 1. The maximum absolute atomic E-state index is 12.7. The van der Waals surface area contributed by atoms with E-state index in [0.29, 0.717) is 12.2 Å². The number of rotatable bonds is 4. The maximum Gasteiger partial charge on any atom is 0.339 e. The Bertz CT molecular complexity index is 887. The number of esters is 1. The highest BCUT2D eigenvalue weighted by molar-refractivity contribution is 6.06. The number of para-hydroxylation sites is 1. The number of hydrogen-bond acceptors (Lipinski definition) is 4. The molecule has 6 nitrogen and oxygen atoms in total. The van der Waals surface area contributed by atoms with Crippen molar-refractivity contribution in [2.24, 2.45) is 5.92 Å². The van der Waals surface area contributed by atoms with Gasteiger partial charge in [0.15, 0.2) is 0 Å². The van der Waals surface area contributed by atoms with Gasteiger partial charge in [-0.25, -0.2) is 4.79 Å². The largest absolute Gasteiger partial charge is 0.465 e. The van der Waals surface area contributed by atoms with Crippen molar-refractivity contribution in [3.63, 3.8) is 0 Å². The molecule has 0 aromatic heterocycles. The predicted octanol–water partition coefficient (Wildman–Crippen LogP) is 3.08. The van der Waals surface area contributed by atoms with E-state index in [0.717, 1.165) is 16.8 Å². The first kappa shape index (κ1) is 18.6. The summed E-state index contributed by atoms with van der Waals surface area (Å²) in [6.07, 6.45) is 0.138. The van der Waals surface area contributed by atoms with Crippen LogP contribution in [-0.2, 0) is 14.3 Å². The van der Waals surface area contributed by atoms with Crippen LogP contribution in [-0.4, -0.2) is 31.4 Å². The predicted molar refractivity (Wildman–Crippen MR) is 103 cm³/mol. The number of ether oxygens (including phenoxy) is 1. The summed E-state index contributed by atoms with van der Waals surface area (Å²) < 4.78 is 4.75. The molecule has 0 aliphatic carbocycles. The third-order valence-electron chi connectivity index (χ3n) is 4.60. The van der Waals surface area contributed by atoms with Gasteiger partial charge in [0.05, 0.1) is 24.3 Å². The number of carbonyl (C=O) groups excluding carboxylic acids is 3. The molecule has 6 heteroatoms. The Morgan fingerprint density at radius 1 is 1.11 bits per heavy atom. The highest BCUT2D eigenvalue weighted by Crippen LogP contribution is 2.28. The van der Waals surface area contributed by atoms with Gasteiger partial charge < -0.3 is 15.0 Å². The maximum atomic E-state index is 12.7. The lowest BCUT2D eigenvalue weighted by Crippen LogP contribution is -2.28. The quantitative estimate of drug-likeness (QED) is 0.844. The van der Waals surface area contributed by atoms with Crippen LogP contribution in [0.3, 0.4) is 0 Å². The van der Waals surface area contributed by atoms with Gasteiger partial charge in [0.25, 0.3) is 0 Å². The lowest BCUT2D eigenvalue weighted by atomic mass is 10.1. The molecule has 0 bridgehead atoms. The van der Waals surface area contributed by atoms with Gasteiger partial charge in [0.2, 0.25) is 11.8 Å². The van der Waals surface area contributed by atoms with Crippen LogP contribution in [0.15, 0.2) is 42.5 Å². The number of nitrogens with zero attached hydrogens (tertiary/aromatic N) is 1. The molecule has 1 heterocycles. The molecule has 1 aliphatic heterocycles. The van der Waals surface area contributed by atoms with Crippen LogP contribution in [0, 0.1) is 19.8 Å². The van der Waals surface area contributed by atoms with Crippen molar-refractivity contribution in [2.75, 3.05) is 23.9 Å². The normalized spacial score (nSPS) is 16.3. The van der Waals surface area contributed by atoms with Crippen molar-refractivity contribution in [1.29, 1.82) is 0 Å². The summed E-state index contributed by atoms with van der Waals surface area (Å²) in [7, 11) is 1.29. The molecule has 2 amide bonds. The first-order valence-electron chi connectivity index (χ1n) is 8.76. The van der Waals surface area contributed by atoms with Gasteiger partial charge in [0.1, 0.15) is 0 Å². The Morgan fingerprint density at radius 2 is 1.78 bits per heavy atom. The van der Waals surface area contributed by atoms with Crippen LogP contribution in [0.4, 0.5) is 11.4 Å². The Labute approximate surface area is 158 Å². The second kappa shape index (κ2) is 7.61. The summed E-state index contributed by atoms with van der Waals surface area (Å²) in [5.74, 6) is -1.37. The lowest BCUT2D eigenvalue weighted by molar-refractivity contribution is -0.122. The molecule has 1 N–H and O–H groups in total. The number of nitrogens with one attached hydrogen (secondary N) is 1. The van der Waals surface area contributed by atoms with Gasteiger partial charge in [-0.2, -0.15) is 0 Å². The molecule has 0 saturated carbocycles. The van der Waals surface area contributed by atoms with Crippen LogP contribution in [0.25, 0.3) is 0 Å². The van der Waals surface area contributed by atoms with E-state index in [1.165, 1.54) is 7.11 Å². The Hall–Kier alpha value is -3.15. The average molecular weight is 366 g/mol. The van der Waals surface area contributed by atoms with E-state index in [-0.39, 0.29) is 23.8 Å². The van der Waals surface area contributed by atoms with Crippen molar-refractivity contribution in [3.05, 3.63) is 59.2 Å². The number of hydrogen-bond donors (Lipinski definition) is 1. The zero-order chi connectivity index (χ0) is 19.6. The number of anilines is 2. The van der Waals surface area contributed by atoms with E-state index in [1.807, 2.05) is 32.0 Å². The molecular formula is C21H22N2O4. The number of amides is 2. The molecule has 2 aromatic carbocycles. The molecular weight excluding hydrogens is 344 g/mol. The van der Waals surface area contributed by atoms with E-state index in [1.54, 1.807) is 29.2 Å². The topological polar surface area (TPSA) is 75.7 Å². The molecule has 1 aliphatic rings. The van der Waals surface area contributed by atoms with Crippen LogP contribution >= 0.6 is 0 Å². The molecule has 2 aromatic rings. The van der Waals surface area contributed by atoms with E-state index < -0.39 is 11.9 Å². The van der Waals surface area contributed by atoms with E-state index in [4.69, 9.17) is 4.74 Å². The van der Waals surface area contributed by atoms with Crippen molar-refractivity contribution in [3.8, 4) is 0 Å². The summed E-state index contributed by atoms with van der Waals surface area (Å²) in [6, 6.07) is 12.6. The second-order valence-electron chi connectivity index (χ2n) is 6.78. The van der Waals surface area contributed by atoms with Gasteiger partial charge in [-0.15, -0.1) is 0 Å². The first-order valence-corrected chi connectivity index (χ1v) is 8.76. The van der Waals surface area contributed by atoms with Crippen LogP contribution in [0.5, 0.6) is 0 Å². The molecule has 1 unspecified atom stereocenters. The van der Waals surface area contributed by atoms with Crippen LogP contribution in [0.1, 0.15) is 27.9 Å². The number of aryl methyl sites for hydroxylation is 2. The zero-order valence-electron chi connectivity index (χ0n) is 15.6. The Balaban J connectivity index is 1.76. The lowest BCUT2D eigenvalue weighted by Gasteiger charge is -2.18. The molecule has 0 spiro atoms. The smallest absolute Gasteiger partial charge is 0.339 e. The molecule has 1 fully saturated rings. The minimum absolute atomic E-state index is 0.0820. The summed E-state index contributed by atoms with van der Waals surface area (Å²) in [6.45, 7) is 4.27. The SMILES string of the molecule is COC(=O)c1ccccc1NC(=O)C1CC(=O)N(c2cc(C)cc(C)c2)C1. The van der Waals surface area contributed by atoms with E-state index in [2.05, 4.69) is 5.32 Å². The Kier molecular flexibility index (Phi) is 5.26. The minimum atomic E-state index is -0.523. The van der Waals surface area contributed by atoms with E-state index in [9.17, 15) is 14.4 Å². The number of benzene rings is 2. The molecule has 1 atom stereocenters. The van der Waals surface area contributed by atoms with Crippen LogP contribution < -0.4 is 10.2 Å². The summed E-state index contributed by atoms with van der Waals surface area (Å²) in [4.78, 5) is 38.7.